The molecule has 0 aromatic rings. The van der Waals surface area contributed by atoms with E-state index in [2.05, 4.69) is 0 Å². The number of esters is 1. The molecule has 0 spiro atoms. The highest BCUT2D eigenvalue weighted by molar-refractivity contribution is 5.92. The molecule has 0 aromatic carbocycles. The van der Waals surface area contributed by atoms with Crippen molar-refractivity contribution in [3.8, 4) is 0 Å². The Morgan fingerprint density at radius 3 is 2.41 bits per heavy atom. The van der Waals surface area contributed by atoms with Crippen LogP contribution >= 0.6 is 0 Å². The molecule has 3 saturated carbocycles. The first-order chi connectivity index (χ1) is 13.5. The number of ether oxygens (including phenoxy) is 1. The number of aliphatic hydroxyl groups excluding tert-OH is 1. The lowest BCUT2D eigenvalue weighted by atomic mass is 9.45. The van der Waals surface area contributed by atoms with E-state index < -0.39 is 34.7 Å². The number of Topliss-reactive ketones (excluding diaryl/α,β-unsaturated/α-hetero) is 1. The standard InChI is InChI=1S/C23H31FO5/c1-12(25)23(29-13(2)26)10-7-16-18-15(6-9-22(16,23)4)21(3)8-5-14(27)11-17(21)19(24)20(18)28/h11,15-16,18-20,28H,5-10H2,1-4H3. The van der Waals surface area contributed by atoms with Crippen LogP contribution in [0.4, 0.5) is 4.39 Å². The Bertz CT molecular complexity index is 805. The van der Waals surface area contributed by atoms with E-state index in [1.165, 1.54) is 19.9 Å². The SMILES string of the molecule is CC(=O)OC1(C(C)=O)CCC2C3C(O)C(F)C4=CC(=O)CCC4(C)C3CCC21C. The molecule has 8 atom stereocenters. The van der Waals surface area contributed by atoms with Crippen LogP contribution in [-0.4, -0.2) is 40.5 Å². The number of aliphatic hydroxyl groups is 1. The van der Waals surface area contributed by atoms with E-state index in [9.17, 15) is 19.5 Å². The summed E-state index contributed by atoms with van der Waals surface area (Å²) in [5.74, 6) is -1.13. The van der Waals surface area contributed by atoms with E-state index in [-0.39, 0.29) is 29.3 Å². The minimum atomic E-state index is -1.58. The zero-order valence-electron chi connectivity index (χ0n) is 17.7. The molecule has 29 heavy (non-hydrogen) atoms. The van der Waals surface area contributed by atoms with E-state index in [1.807, 2.05) is 13.8 Å². The molecule has 1 N–H and O–H groups in total. The largest absolute Gasteiger partial charge is 0.451 e. The van der Waals surface area contributed by atoms with Crippen LogP contribution in [0.2, 0.25) is 0 Å². The van der Waals surface area contributed by atoms with E-state index in [1.54, 1.807) is 0 Å². The summed E-state index contributed by atoms with van der Waals surface area (Å²) in [5, 5.41) is 11.0. The zero-order valence-corrected chi connectivity index (χ0v) is 17.7. The minimum Gasteiger partial charge on any atom is -0.451 e. The Morgan fingerprint density at radius 2 is 1.79 bits per heavy atom. The second-order valence-corrected chi connectivity index (χ2v) is 10.1. The van der Waals surface area contributed by atoms with Crippen molar-refractivity contribution in [3.05, 3.63) is 11.6 Å². The number of halogens is 1. The van der Waals surface area contributed by atoms with Crippen molar-refractivity contribution in [1.82, 2.24) is 0 Å². The summed E-state index contributed by atoms with van der Waals surface area (Å²) >= 11 is 0. The first-order valence-corrected chi connectivity index (χ1v) is 10.8. The van der Waals surface area contributed by atoms with Gasteiger partial charge in [0.2, 0.25) is 0 Å². The summed E-state index contributed by atoms with van der Waals surface area (Å²) in [5.41, 5.74) is -1.85. The van der Waals surface area contributed by atoms with E-state index >= 15 is 4.39 Å². The lowest BCUT2D eigenvalue weighted by Crippen LogP contribution is -2.63. The Labute approximate surface area is 171 Å². The molecule has 6 heteroatoms. The van der Waals surface area contributed by atoms with Crippen LogP contribution < -0.4 is 0 Å². The molecule has 0 saturated heterocycles. The lowest BCUT2D eigenvalue weighted by molar-refractivity contribution is -0.194. The molecule has 0 radical (unpaired) electrons. The molecule has 0 heterocycles. The average molecular weight is 406 g/mol. The predicted octanol–water partition coefficient (Wildman–Crippen LogP) is 3.33. The number of carbonyl (C=O) groups excluding carboxylic acids is 3. The van der Waals surface area contributed by atoms with Gasteiger partial charge in [-0.15, -0.1) is 0 Å². The van der Waals surface area contributed by atoms with Gasteiger partial charge < -0.3 is 9.84 Å². The summed E-state index contributed by atoms with van der Waals surface area (Å²) < 4.78 is 21.1. The van der Waals surface area contributed by atoms with Gasteiger partial charge in [-0.05, 0) is 73.8 Å². The Morgan fingerprint density at radius 1 is 1.14 bits per heavy atom. The molecule has 0 bridgehead atoms. The Kier molecular flexibility index (Phi) is 4.62. The minimum absolute atomic E-state index is 0.0435. The number of carbonyl (C=O) groups is 3. The quantitative estimate of drug-likeness (QED) is 0.712. The smallest absolute Gasteiger partial charge is 0.303 e. The van der Waals surface area contributed by atoms with Crippen molar-refractivity contribution in [2.75, 3.05) is 0 Å². The molecule has 0 amide bonds. The van der Waals surface area contributed by atoms with Crippen molar-refractivity contribution < 1.29 is 28.6 Å². The highest BCUT2D eigenvalue weighted by atomic mass is 19.1. The highest BCUT2D eigenvalue weighted by Crippen LogP contribution is 2.68. The first-order valence-electron chi connectivity index (χ1n) is 10.8. The summed E-state index contributed by atoms with van der Waals surface area (Å²) in [6, 6.07) is 0. The van der Waals surface area contributed by atoms with Gasteiger partial charge in [0.25, 0.3) is 0 Å². The molecule has 3 fully saturated rings. The van der Waals surface area contributed by atoms with E-state index in [4.69, 9.17) is 4.74 Å². The Hall–Kier alpha value is -1.56. The molecule has 4 aliphatic rings. The summed E-state index contributed by atoms with van der Waals surface area (Å²) in [7, 11) is 0. The number of hydrogen-bond donors (Lipinski definition) is 1. The average Bonchev–Trinajstić information content (AvgIpc) is 2.94. The summed E-state index contributed by atoms with van der Waals surface area (Å²) in [6.07, 6.45) is 2.04. The third-order valence-corrected chi connectivity index (χ3v) is 9.02. The van der Waals surface area contributed by atoms with E-state index in [0.717, 1.165) is 0 Å². The van der Waals surface area contributed by atoms with Crippen LogP contribution in [0.5, 0.6) is 0 Å². The fourth-order valence-corrected chi connectivity index (χ4v) is 7.59. The van der Waals surface area contributed by atoms with Crippen molar-refractivity contribution >= 4 is 17.5 Å². The molecule has 4 rings (SSSR count). The number of alkyl halides is 1. The van der Waals surface area contributed by atoms with Gasteiger partial charge in [-0.3, -0.25) is 14.4 Å². The Balaban J connectivity index is 1.78. The van der Waals surface area contributed by atoms with Crippen LogP contribution in [0, 0.1) is 28.6 Å². The van der Waals surface area contributed by atoms with Crippen molar-refractivity contribution in [1.29, 1.82) is 0 Å². The topological polar surface area (TPSA) is 80.7 Å². The third kappa shape index (κ3) is 2.57. The molecule has 0 aromatic heterocycles. The van der Waals surface area contributed by atoms with Gasteiger partial charge in [0.05, 0.1) is 6.10 Å². The van der Waals surface area contributed by atoms with Crippen LogP contribution in [0.3, 0.4) is 0 Å². The maximum Gasteiger partial charge on any atom is 0.303 e. The van der Waals surface area contributed by atoms with Crippen LogP contribution in [-0.2, 0) is 19.1 Å². The van der Waals surface area contributed by atoms with Gasteiger partial charge >= 0.3 is 5.97 Å². The molecule has 8 unspecified atom stereocenters. The monoisotopic (exact) mass is 406 g/mol. The molecular formula is C23H31FO5. The highest BCUT2D eigenvalue weighted by Gasteiger charge is 2.70. The van der Waals surface area contributed by atoms with Crippen LogP contribution in [0.1, 0.15) is 66.2 Å². The number of ketones is 2. The molecule has 160 valence electrons. The molecule has 0 aliphatic heterocycles. The maximum absolute atomic E-state index is 15.4. The van der Waals surface area contributed by atoms with E-state index in [0.29, 0.717) is 44.1 Å². The van der Waals surface area contributed by atoms with Gasteiger partial charge in [0.1, 0.15) is 6.17 Å². The zero-order chi connectivity index (χ0) is 21.4. The third-order valence-electron chi connectivity index (χ3n) is 9.02. The molecule has 4 aliphatic carbocycles. The van der Waals surface area contributed by atoms with Crippen LogP contribution in [0.15, 0.2) is 11.6 Å². The van der Waals surface area contributed by atoms with Gasteiger partial charge in [-0.2, -0.15) is 0 Å². The van der Waals surface area contributed by atoms with Gasteiger partial charge in [-0.25, -0.2) is 4.39 Å². The normalized spacial score (nSPS) is 48.8. The van der Waals surface area contributed by atoms with Crippen LogP contribution in [0.25, 0.3) is 0 Å². The molecule has 5 nitrogen and oxygen atoms in total. The van der Waals surface area contributed by atoms with Gasteiger partial charge in [0.15, 0.2) is 17.2 Å². The summed E-state index contributed by atoms with van der Waals surface area (Å²) in [6.45, 7) is 6.79. The fourth-order valence-electron chi connectivity index (χ4n) is 7.59. The van der Waals surface area contributed by atoms with Crippen molar-refractivity contribution in [2.45, 2.75) is 84.1 Å². The fraction of sp³-hybridized carbons (Fsp3) is 0.783. The van der Waals surface area contributed by atoms with Gasteiger partial charge in [-0.1, -0.05) is 13.8 Å². The number of hydrogen-bond acceptors (Lipinski definition) is 5. The van der Waals surface area contributed by atoms with Gasteiger partial charge in [0, 0.05) is 18.8 Å². The predicted molar refractivity (Wildman–Crippen MR) is 104 cm³/mol. The number of fused-ring (bicyclic) bond motifs is 5. The van der Waals surface area contributed by atoms with Crippen molar-refractivity contribution in [3.63, 3.8) is 0 Å². The number of rotatable bonds is 2. The molecular weight excluding hydrogens is 375 g/mol. The summed E-state index contributed by atoms with van der Waals surface area (Å²) in [4.78, 5) is 36.6. The second-order valence-electron chi connectivity index (χ2n) is 10.1. The lowest BCUT2D eigenvalue weighted by Gasteiger charge is -2.60. The first kappa shape index (κ1) is 20.7. The maximum atomic E-state index is 15.4. The second kappa shape index (κ2) is 6.47. The van der Waals surface area contributed by atoms with Crippen molar-refractivity contribution in [2.24, 2.45) is 28.6 Å².